The zero-order chi connectivity index (χ0) is 12.8. The van der Waals surface area contributed by atoms with E-state index >= 15 is 0 Å². The Balaban J connectivity index is 1.64. The van der Waals surface area contributed by atoms with E-state index in [-0.39, 0.29) is 0 Å². The molecular formula is C14H22N2OS. The van der Waals surface area contributed by atoms with Crippen LogP contribution >= 0.6 is 11.8 Å². The highest BCUT2D eigenvalue weighted by Gasteiger charge is 2.21. The Labute approximate surface area is 114 Å². The molecule has 1 unspecified atom stereocenters. The van der Waals surface area contributed by atoms with Gasteiger partial charge in [-0.05, 0) is 25.7 Å². The number of ether oxygens (including phenoxy) is 1. The zero-order valence-corrected chi connectivity index (χ0v) is 12.0. The topological polar surface area (TPSA) is 24.5 Å². The second-order valence-corrected chi connectivity index (χ2v) is 5.83. The summed E-state index contributed by atoms with van der Waals surface area (Å²) in [5.41, 5.74) is 1.44. The van der Waals surface area contributed by atoms with E-state index in [2.05, 4.69) is 48.6 Å². The van der Waals surface area contributed by atoms with E-state index in [0.29, 0.717) is 6.04 Å². The van der Waals surface area contributed by atoms with Crippen LogP contribution in [-0.2, 0) is 4.74 Å². The molecule has 0 spiro atoms. The number of thioether (sulfide) groups is 1. The minimum atomic E-state index is 0.489. The molecule has 0 aromatic heterocycles. The molecule has 4 heteroatoms. The maximum atomic E-state index is 5.58. The second-order valence-electron chi connectivity index (χ2n) is 4.77. The summed E-state index contributed by atoms with van der Waals surface area (Å²) in [5, 5.41) is 3.57. The summed E-state index contributed by atoms with van der Waals surface area (Å²) in [5.74, 6) is 1.14. The van der Waals surface area contributed by atoms with Gasteiger partial charge in [-0.25, -0.2) is 0 Å². The number of fused-ring (bicyclic) bond motifs is 1. The average Bonchev–Trinajstić information content (AvgIpc) is 2.77. The highest BCUT2D eigenvalue weighted by Crippen LogP contribution is 2.37. The van der Waals surface area contributed by atoms with Crippen molar-refractivity contribution in [2.24, 2.45) is 0 Å². The van der Waals surface area contributed by atoms with Gasteiger partial charge in [0.1, 0.15) is 0 Å². The van der Waals surface area contributed by atoms with Gasteiger partial charge in [-0.2, -0.15) is 0 Å². The van der Waals surface area contributed by atoms with Crippen LogP contribution in [0.15, 0.2) is 29.2 Å². The second kappa shape index (κ2) is 7.14. The number of rotatable bonds is 7. The lowest BCUT2D eigenvalue weighted by atomic mass is 10.1. The first-order valence-electron chi connectivity index (χ1n) is 6.45. The van der Waals surface area contributed by atoms with Crippen molar-refractivity contribution < 1.29 is 4.74 Å². The number of nitrogens with zero attached hydrogens (tertiary/aromatic N) is 1. The third kappa shape index (κ3) is 3.99. The van der Waals surface area contributed by atoms with Gasteiger partial charge < -0.3 is 15.0 Å². The van der Waals surface area contributed by atoms with Crippen molar-refractivity contribution >= 4 is 11.8 Å². The molecule has 2 rings (SSSR count). The Bertz CT molecular complexity index is 371. The number of hydrogen-bond acceptors (Lipinski definition) is 4. The summed E-state index contributed by atoms with van der Waals surface area (Å²) in [6.07, 6.45) is 0. The third-order valence-electron chi connectivity index (χ3n) is 3.02. The Morgan fingerprint density at radius 3 is 3.00 bits per heavy atom. The molecule has 18 heavy (non-hydrogen) atoms. The van der Waals surface area contributed by atoms with Crippen LogP contribution in [-0.4, -0.2) is 51.1 Å². The number of benzene rings is 1. The van der Waals surface area contributed by atoms with E-state index in [4.69, 9.17) is 4.74 Å². The predicted molar refractivity (Wildman–Crippen MR) is 77.3 cm³/mol. The summed E-state index contributed by atoms with van der Waals surface area (Å²) in [6, 6.07) is 9.14. The molecule has 0 aliphatic carbocycles. The van der Waals surface area contributed by atoms with Crippen molar-refractivity contribution in [1.82, 2.24) is 10.2 Å². The molecule has 0 bridgehead atoms. The standard InChI is InChI=1S/C14H22N2OS/c1-16(2)8-10-17-9-7-15-13-11-18-14-6-4-3-5-12(13)14/h3-6,13,15H,7-11H2,1-2H3. The molecular weight excluding hydrogens is 244 g/mol. The van der Waals surface area contributed by atoms with Crippen molar-refractivity contribution in [3.05, 3.63) is 29.8 Å². The molecule has 3 nitrogen and oxygen atoms in total. The highest BCUT2D eigenvalue weighted by molar-refractivity contribution is 7.99. The molecule has 1 heterocycles. The largest absolute Gasteiger partial charge is 0.379 e. The first-order valence-corrected chi connectivity index (χ1v) is 7.43. The maximum Gasteiger partial charge on any atom is 0.0593 e. The highest BCUT2D eigenvalue weighted by atomic mass is 32.2. The molecule has 1 N–H and O–H groups in total. The first kappa shape index (κ1) is 13.9. The van der Waals surface area contributed by atoms with Crippen molar-refractivity contribution in [2.45, 2.75) is 10.9 Å². The molecule has 1 aliphatic heterocycles. The number of likely N-dealkylation sites (N-methyl/N-ethyl adjacent to an activating group) is 1. The fourth-order valence-corrected chi connectivity index (χ4v) is 3.18. The molecule has 0 saturated heterocycles. The van der Waals surface area contributed by atoms with Crippen molar-refractivity contribution in [2.75, 3.05) is 46.2 Å². The molecule has 0 amide bonds. The quantitative estimate of drug-likeness (QED) is 0.763. The summed E-state index contributed by atoms with van der Waals surface area (Å²) in [7, 11) is 4.13. The van der Waals surface area contributed by atoms with E-state index in [1.165, 1.54) is 10.5 Å². The van der Waals surface area contributed by atoms with Crippen molar-refractivity contribution in [3.8, 4) is 0 Å². The predicted octanol–water partition coefficient (Wildman–Crippen LogP) is 2.00. The molecule has 1 aromatic carbocycles. The van der Waals surface area contributed by atoms with Gasteiger partial charge in [0.15, 0.2) is 0 Å². The van der Waals surface area contributed by atoms with Crippen LogP contribution in [0.5, 0.6) is 0 Å². The van der Waals surface area contributed by atoms with Crippen LogP contribution in [0.4, 0.5) is 0 Å². The molecule has 0 saturated carbocycles. The summed E-state index contributed by atoms with van der Waals surface area (Å²) in [6.45, 7) is 3.51. The SMILES string of the molecule is CN(C)CCOCCNC1CSc2ccccc21. The van der Waals surface area contributed by atoms with Gasteiger partial charge in [0, 0.05) is 29.8 Å². The van der Waals surface area contributed by atoms with E-state index in [1.807, 2.05) is 11.8 Å². The van der Waals surface area contributed by atoms with Gasteiger partial charge in [0.25, 0.3) is 0 Å². The molecule has 1 atom stereocenters. The summed E-state index contributed by atoms with van der Waals surface area (Å²) in [4.78, 5) is 3.56. The van der Waals surface area contributed by atoms with Crippen molar-refractivity contribution in [1.29, 1.82) is 0 Å². The Hall–Kier alpha value is -0.550. The van der Waals surface area contributed by atoms with Gasteiger partial charge in [0.05, 0.1) is 13.2 Å². The Kier molecular flexibility index (Phi) is 5.50. The lowest BCUT2D eigenvalue weighted by Gasteiger charge is -2.14. The molecule has 1 aliphatic rings. The lowest BCUT2D eigenvalue weighted by Crippen LogP contribution is -2.26. The van der Waals surface area contributed by atoms with Crippen LogP contribution < -0.4 is 5.32 Å². The lowest BCUT2D eigenvalue weighted by molar-refractivity contribution is 0.118. The van der Waals surface area contributed by atoms with Crippen LogP contribution in [0.1, 0.15) is 11.6 Å². The van der Waals surface area contributed by atoms with E-state index in [1.54, 1.807) is 0 Å². The monoisotopic (exact) mass is 266 g/mol. The van der Waals surface area contributed by atoms with Gasteiger partial charge in [-0.15, -0.1) is 11.8 Å². The fourth-order valence-electron chi connectivity index (χ4n) is 1.99. The normalized spacial score (nSPS) is 18.3. The smallest absolute Gasteiger partial charge is 0.0593 e. The number of nitrogens with one attached hydrogen (secondary N) is 1. The van der Waals surface area contributed by atoms with Crippen LogP contribution in [0.2, 0.25) is 0 Å². The maximum absolute atomic E-state index is 5.58. The van der Waals surface area contributed by atoms with Gasteiger partial charge in [0.2, 0.25) is 0 Å². The first-order chi connectivity index (χ1) is 8.77. The fraction of sp³-hybridized carbons (Fsp3) is 0.571. The summed E-state index contributed by atoms with van der Waals surface area (Å²) >= 11 is 1.94. The average molecular weight is 266 g/mol. The molecule has 1 aromatic rings. The molecule has 0 radical (unpaired) electrons. The Morgan fingerprint density at radius 2 is 2.17 bits per heavy atom. The minimum Gasteiger partial charge on any atom is -0.379 e. The molecule has 0 fully saturated rings. The van der Waals surface area contributed by atoms with Gasteiger partial charge >= 0.3 is 0 Å². The zero-order valence-electron chi connectivity index (χ0n) is 11.2. The summed E-state index contributed by atoms with van der Waals surface area (Å²) < 4.78 is 5.58. The Morgan fingerprint density at radius 1 is 1.33 bits per heavy atom. The van der Waals surface area contributed by atoms with E-state index < -0.39 is 0 Å². The third-order valence-corrected chi connectivity index (χ3v) is 4.20. The minimum absolute atomic E-state index is 0.489. The number of hydrogen-bond donors (Lipinski definition) is 1. The van der Waals surface area contributed by atoms with E-state index in [0.717, 1.165) is 32.1 Å². The van der Waals surface area contributed by atoms with Crippen molar-refractivity contribution in [3.63, 3.8) is 0 Å². The van der Waals surface area contributed by atoms with Crippen LogP contribution in [0.25, 0.3) is 0 Å². The molecule has 100 valence electrons. The van der Waals surface area contributed by atoms with E-state index in [9.17, 15) is 0 Å². The van der Waals surface area contributed by atoms with Crippen LogP contribution in [0, 0.1) is 0 Å². The van der Waals surface area contributed by atoms with Crippen LogP contribution in [0.3, 0.4) is 0 Å². The van der Waals surface area contributed by atoms with Gasteiger partial charge in [-0.1, -0.05) is 18.2 Å². The van der Waals surface area contributed by atoms with Gasteiger partial charge in [-0.3, -0.25) is 0 Å².